The lowest BCUT2D eigenvalue weighted by atomic mass is 10.1. The van der Waals surface area contributed by atoms with E-state index >= 15 is 0 Å². The maximum atomic E-state index is 12.8. The third-order valence-corrected chi connectivity index (χ3v) is 7.43. The maximum Gasteiger partial charge on any atom is 0.282 e. The molecule has 1 aliphatic heterocycles. The number of amides is 1. The van der Waals surface area contributed by atoms with Gasteiger partial charge in [0.25, 0.3) is 16.1 Å². The van der Waals surface area contributed by atoms with Crippen molar-refractivity contribution in [1.82, 2.24) is 13.5 Å². The molecular formula is C20H34N4O3S. The smallest absolute Gasteiger partial charge is 0.282 e. The zero-order valence-electron chi connectivity index (χ0n) is 17.6. The molecule has 1 saturated heterocycles. The van der Waals surface area contributed by atoms with E-state index in [0.717, 1.165) is 25.2 Å². The van der Waals surface area contributed by atoms with Crippen LogP contribution >= 0.6 is 0 Å². The summed E-state index contributed by atoms with van der Waals surface area (Å²) in [6.07, 6.45) is 1.08. The number of anilines is 1. The minimum Gasteiger partial charge on any atom is -0.372 e. The van der Waals surface area contributed by atoms with Crippen LogP contribution < -0.4 is 4.90 Å². The Morgan fingerprint density at radius 3 is 1.96 bits per heavy atom. The highest BCUT2D eigenvalue weighted by Gasteiger charge is 2.32. The van der Waals surface area contributed by atoms with Gasteiger partial charge in [-0.05, 0) is 37.6 Å². The van der Waals surface area contributed by atoms with Gasteiger partial charge in [-0.3, -0.25) is 4.79 Å². The van der Waals surface area contributed by atoms with E-state index in [0.29, 0.717) is 44.8 Å². The zero-order valence-corrected chi connectivity index (χ0v) is 18.4. The predicted molar refractivity (Wildman–Crippen MR) is 114 cm³/mol. The molecule has 1 amide bonds. The van der Waals surface area contributed by atoms with Gasteiger partial charge in [0.05, 0.1) is 0 Å². The summed E-state index contributed by atoms with van der Waals surface area (Å²) in [6, 6.07) is 7.73. The molecule has 2 rings (SSSR count). The van der Waals surface area contributed by atoms with Gasteiger partial charge in [0, 0.05) is 63.6 Å². The van der Waals surface area contributed by atoms with Crippen LogP contribution in [-0.2, 0) is 10.2 Å². The Bertz CT molecular complexity index is 724. The first kappa shape index (κ1) is 22.6. The van der Waals surface area contributed by atoms with Gasteiger partial charge in [-0.15, -0.1) is 0 Å². The summed E-state index contributed by atoms with van der Waals surface area (Å²) in [7, 11) is -3.44. The molecule has 7 nitrogen and oxygen atoms in total. The lowest BCUT2D eigenvalue weighted by Crippen LogP contribution is -2.54. The molecule has 0 spiro atoms. The Morgan fingerprint density at radius 2 is 1.50 bits per heavy atom. The number of carbonyl (C=O) groups excluding carboxylic acids is 1. The van der Waals surface area contributed by atoms with Crippen molar-refractivity contribution in [2.24, 2.45) is 0 Å². The van der Waals surface area contributed by atoms with Crippen LogP contribution in [0.3, 0.4) is 0 Å². The second-order valence-electron chi connectivity index (χ2n) is 6.91. The van der Waals surface area contributed by atoms with Gasteiger partial charge in [-0.25, -0.2) is 0 Å². The standard InChI is InChI=1S/C20H34N4O3S/c1-5-13-21(6-2)19-11-9-18(10-12-19)20(25)22-14-16-24(17-15-22)28(26,27)23(7-3)8-4/h9-12H,5-8,13-17H2,1-4H3. The fourth-order valence-corrected chi connectivity index (χ4v) is 5.18. The number of benzene rings is 1. The molecular weight excluding hydrogens is 376 g/mol. The van der Waals surface area contributed by atoms with Gasteiger partial charge >= 0.3 is 0 Å². The van der Waals surface area contributed by atoms with Crippen molar-refractivity contribution in [2.45, 2.75) is 34.1 Å². The first-order valence-corrected chi connectivity index (χ1v) is 11.7. The maximum absolute atomic E-state index is 12.8. The Labute approximate surface area is 170 Å². The molecule has 0 atom stereocenters. The van der Waals surface area contributed by atoms with E-state index in [1.807, 2.05) is 38.1 Å². The van der Waals surface area contributed by atoms with Crippen LogP contribution in [0.15, 0.2) is 24.3 Å². The second-order valence-corrected chi connectivity index (χ2v) is 8.84. The summed E-state index contributed by atoms with van der Waals surface area (Å²) >= 11 is 0. The van der Waals surface area contributed by atoms with Crippen LogP contribution in [0.4, 0.5) is 5.69 Å². The van der Waals surface area contributed by atoms with Gasteiger partial charge < -0.3 is 9.80 Å². The molecule has 1 aromatic carbocycles. The van der Waals surface area contributed by atoms with Gasteiger partial charge in [0.2, 0.25) is 0 Å². The number of hydrogen-bond acceptors (Lipinski definition) is 4. The van der Waals surface area contributed by atoms with E-state index in [1.54, 1.807) is 4.90 Å². The summed E-state index contributed by atoms with van der Waals surface area (Å²) in [6.45, 7) is 12.3. The van der Waals surface area contributed by atoms with E-state index in [4.69, 9.17) is 0 Å². The van der Waals surface area contributed by atoms with E-state index in [-0.39, 0.29) is 5.91 Å². The van der Waals surface area contributed by atoms with Crippen LogP contribution in [0.2, 0.25) is 0 Å². The molecule has 0 radical (unpaired) electrons. The van der Waals surface area contributed by atoms with E-state index in [9.17, 15) is 13.2 Å². The quantitative estimate of drug-likeness (QED) is 0.626. The molecule has 1 heterocycles. The fourth-order valence-electron chi connectivity index (χ4n) is 3.57. The van der Waals surface area contributed by atoms with Crippen molar-refractivity contribution in [3.05, 3.63) is 29.8 Å². The van der Waals surface area contributed by atoms with E-state index in [2.05, 4.69) is 18.7 Å². The van der Waals surface area contributed by atoms with E-state index in [1.165, 1.54) is 8.61 Å². The molecule has 0 unspecified atom stereocenters. The number of hydrogen-bond donors (Lipinski definition) is 0. The second kappa shape index (κ2) is 10.2. The van der Waals surface area contributed by atoms with Crippen LogP contribution in [0.25, 0.3) is 0 Å². The first-order valence-electron chi connectivity index (χ1n) is 10.3. The van der Waals surface area contributed by atoms with E-state index < -0.39 is 10.2 Å². The molecule has 1 aromatic rings. The lowest BCUT2D eigenvalue weighted by molar-refractivity contribution is 0.0694. The summed E-state index contributed by atoms with van der Waals surface area (Å²) in [5, 5.41) is 0. The molecule has 1 fully saturated rings. The molecule has 8 heteroatoms. The molecule has 158 valence electrons. The minimum absolute atomic E-state index is 0.0371. The fraction of sp³-hybridized carbons (Fsp3) is 0.650. The highest BCUT2D eigenvalue weighted by Crippen LogP contribution is 2.18. The molecule has 0 saturated carbocycles. The molecule has 1 aliphatic rings. The average Bonchev–Trinajstić information content (AvgIpc) is 2.72. The number of piperazine rings is 1. The van der Waals surface area contributed by atoms with Crippen molar-refractivity contribution in [3.8, 4) is 0 Å². The molecule has 28 heavy (non-hydrogen) atoms. The monoisotopic (exact) mass is 410 g/mol. The summed E-state index contributed by atoms with van der Waals surface area (Å²) in [5.41, 5.74) is 1.77. The highest BCUT2D eigenvalue weighted by molar-refractivity contribution is 7.86. The first-order chi connectivity index (χ1) is 13.4. The third kappa shape index (κ3) is 5.04. The van der Waals surface area contributed by atoms with Crippen LogP contribution in [-0.4, -0.2) is 80.2 Å². The predicted octanol–water partition coefficient (Wildman–Crippen LogP) is 2.27. The molecule has 0 N–H and O–H groups in total. The summed E-state index contributed by atoms with van der Waals surface area (Å²) in [5.74, 6) is -0.0371. The highest BCUT2D eigenvalue weighted by atomic mass is 32.2. The lowest BCUT2D eigenvalue weighted by Gasteiger charge is -2.36. The van der Waals surface area contributed by atoms with Crippen LogP contribution in [0.5, 0.6) is 0 Å². The van der Waals surface area contributed by atoms with Crippen molar-refractivity contribution in [1.29, 1.82) is 0 Å². The number of rotatable bonds is 9. The zero-order chi connectivity index (χ0) is 20.7. The topological polar surface area (TPSA) is 64.2 Å². The van der Waals surface area contributed by atoms with Crippen molar-refractivity contribution in [3.63, 3.8) is 0 Å². The van der Waals surface area contributed by atoms with Gasteiger partial charge in [-0.2, -0.15) is 17.0 Å². The van der Waals surface area contributed by atoms with Crippen LogP contribution in [0, 0.1) is 0 Å². The minimum atomic E-state index is -3.44. The molecule has 0 bridgehead atoms. The SMILES string of the molecule is CCCN(CC)c1ccc(C(=O)N2CCN(S(=O)(=O)N(CC)CC)CC2)cc1. The molecule has 0 aliphatic carbocycles. The Kier molecular flexibility index (Phi) is 8.27. The Morgan fingerprint density at radius 1 is 0.929 bits per heavy atom. The summed E-state index contributed by atoms with van der Waals surface area (Å²) < 4.78 is 28.2. The van der Waals surface area contributed by atoms with Crippen molar-refractivity contribution in [2.75, 3.05) is 57.3 Å². The van der Waals surface area contributed by atoms with Crippen molar-refractivity contribution >= 4 is 21.8 Å². The van der Waals surface area contributed by atoms with Crippen LogP contribution in [0.1, 0.15) is 44.5 Å². The Hall–Kier alpha value is -1.64. The largest absolute Gasteiger partial charge is 0.372 e. The van der Waals surface area contributed by atoms with Crippen molar-refractivity contribution < 1.29 is 13.2 Å². The van der Waals surface area contributed by atoms with Gasteiger partial charge in [0.1, 0.15) is 0 Å². The van der Waals surface area contributed by atoms with Gasteiger partial charge in [-0.1, -0.05) is 20.8 Å². The Balaban J connectivity index is 2.00. The number of nitrogens with zero attached hydrogens (tertiary/aromatic N) is 4. The summed E-state index contributed by atoms with van der Waals surface area (Å²) in [4.78, 5) is 16.8. The van der Waals surface area contributed by atoms with Gasteiger partial charge in [0.15, 0.2) is 0 Å². The molecule has 0 aromatic heterocycles. The third-order valence-electron chi connectivity index (χ3n) is 5.24. The normalized spacial score (nSPS) is 15.8. The number of carbonyl (C=O) groups is 1. The average molecular weight is 411 g/mol.